The highest BCUT2D eigenvalue weighted by atomic mass is 32.1. The van der Waals surface area contributed by atoms with Crippen molar-refractivity contribution in [2.45, 2.75) is 25.5 Å². The van der Waals surface area contributed by atoms with E-state index >= 15 is 0 Å². The minimum absolute atomic E-state index is 0.312. The van der Waals surface area contributed by atoms with Crippen LogP contribution in [-0.2, 0) is 6.54 Å². The van der Waals surface area contributed by atoms with Crippen LogP contribution in [-0.4, -0.2) is 50.5 Å². The normalized spacial score (nSPS) is 14.9. The summed E-state index contributed by atoms with van der Waals surface area (Å²) in [4.78, 5) is 2.34. The molecule has 156 valence electrons. The second-order valence-electron chi connectivity index (χ2n) is 7.14. The monoisotopic (exact) mass is 415 g/mol. The van der Waals surface area contributed by atoms with Crippen LogP contribution < -0.4 is 24.8 Å². The molecular formula is C22H29N3O3S. The lowest BCUT2D eigenvalue weighted by Gasteiger charge is -2.29. The molecule has 29 heavy (non-hydrogen) atoms. The van der Waals surface area contributed by atoms with Crippen LogP contribution in [0.15, 0.2) is 42.5 Å². The van der Waals surface area contributed by atoms with Crippen molar-refractivity contribution in [2.24, 2.45) is 0 Å². The number of ether oxygens (including phenoxy) is 3. The molecule has 0 bridgehead atoms. The summed E-state index contributed by atoms with van der Waals surface area (Å²) in [5.74, 6) is 2.32. The van der Waals surface area contributed by atoms with Gasteiger partial charge in [0.25, 0.3) is 0 Å². The summed E-state index contributed by atoms with van der Waals surface area (Å²) >= 11 is 5.41. The standard InChI is InChI=1S/C22H29N3O3S/c1-25-12-10-18(11-13-25)28-17-6-4-16(5-7-17)15-23-22(29)24-20-9-8-19(26-2)14-21(20)27-3/h4-9,14,18H,10-13,15H2,1-3H3,(H2,23,24,29). The molecule has 0 aliphatic carbocycles. The van der Waals surface area contributed by atoms with Crippen molar-refractivity contribution >= 4 is 23.0 Å². The van der Waals surface area contributed by atoms with Crippen molar-refractivity contribution in [3.8, 4) is 17.2 Å². The second kappa shape index (κ2) is 10.3. The number of benzene rings is 2. The summed E-state index contributed by atoms with van der Waals surface area (Å²) in [6.07, 6.45) is 2.47. The Morgan fingerprint density at radius 1 is 1.03 bits per heavy atom. The number of anilines is 1. The first-order valence-electron chi connectivity index (χ1n) is 9.78. The summed E-state index contributed by atoms with van der Waals surface area (Å²) < 4.78 is 16.7. The fraction of sp³-hybridized carbons (Fsp3) is 0.409. The van der Waals surface area contributed by atoms with Gasteiger partial charge in [-0.1, -0.05) is 12.1 Å². The summed E-state index contributed by atoms with van der Waals surface area (Å²) in [5.41, 5.74) is 1.92. The van der Waals surface area contributed by atoms with Crippen molar-refractivity contribution in [3.05, 3.63) is 48.0 Å². The predicted molar refractivity (Wildman–Crippen MR) is 120 cm³/mol. The van der Waals surface area contributed by atoms with Gasteiger partial charge in [-0.25, -0.2) is 0 Å². The molecule has 0 unspecified atom stereocenters. The van der Waals surface area contributed by atoms with Gasteiger partial charge < -0.3 is 29.7 Å². The van der Waals surface area contributed by atoms with E-state index in [-0.39, 0.29) is 0 Å². The number of nitrogens with one attached hydrogen (secondary N) is 2. The first kappa shape index (κ1) is 21.2. The Morgan fingerprint density at radius 2 is 1.72 bits per heavy atom. The minimum atomic E-state index is 0.312. The third kappa shape index (κ3) is 6.24. The lowest BCUT2D eigenvalue weighted by molar-refractivity contribution is 0.114. The summed E-state index contributed by atoms with van der Waals surface area (Å²) in [5, 5.41) is 6.91. The highest BCUT2D eigenvalue weighted by molar-refractivity contribution is 7.80. The van der Waals surface area contributed by atoms with Gasteiger partial charge in [0, 0.05) is 25.7 Å². The number of hydrogen-bond acceptors (Lipinski definition) is 5. The van der Waals surface area contributed by atoms with Gasteiger partial charge in [0.15, 0.2) is 5.11 Å². The van der Waals surface area contributed by atoms with E-state index in [1.165, 1.54) is 0 Å². The molecule has 1 aliphatic heterocycles. The molecule has 0 aromatic heterocycles. The van der Waals surface area contributed by atoms with E-state index in [0.717, 1.165) is 48.7 Å². The molecule has 0 atom stereocenters. The third-order valence-electron chi connectivity index (χ3n) is 5.00. The lowest BCUT2D eigenvalue weighted by Crippen LogP contribution is -2.35. The number of methoxy groups -OCH3 is 2. The van der Waals surface area contributed by atoms with E-state index in [1.807, 2.05) is 30.3 Å². The molecule has 1 heterocycles. The van der Waals surface area contributed by atoms with Gasteiger partial charge in [-0.3, -0.25) is 0 Å². The van der Waals surface area contributed by atoms with Gasteiger partial charge in [-0.05, 0) is 61.9 Å². The molecule has 2 N–H and O–H groups in total. The zero-order chi connectivity index (χ0) is 20.6. The predicted octanol–water partition coefficient (Wildman–Crippen LogP) is 3.66. The largest absolute Gasteiger partial charge is 0.497 e. The first-order valence-corrected chi connectivity index (χ1v) is 10.2. The Morgan fingerprint density at radius 3 is 2.38 bits per heavy atom. The van der Waals surface area contributed by atoms with E-state index in [1.54, 1.807) is 14.2 Å². The lowest BCUT2D eigenvalue weighted by atomic mass is 10.1. The number of hydrogen-bond donors (Lipinski definition) is 2. The molecule has 2 aromatic rings. The molecule has 1 fully saturated rings. The van der Waals surface area contributed by atoms with Crippen LogP contribution in [0.1, 0.15) is 18.4 Å². The van der Waals surface area contributed by atoms with Gasteiger partial charge in [0.1, 0.15) is 23.4 Å². The van der Waals surface area contributed by atoms with E-state index in [9.17, 15) is 0 Å². The van der Waals surface area contributed by atoms with Crippen molar-refractivity contribution in [1.82, 2.24) is 10.2 Å². The molecule has 0 spiro atoms. The van der Waals surface area contributed by atoms with Crippen LogP contribution in [0.25, 0.3) is 0 Å². The molecule has 7 heteroatoms. The maximum absolute atomic E-state index is 6.10. The smallest absolute Gasteiger partial charge is 0.171 e. The average molecular weight is 416 g/mol. The zero-order valence-electron chi connectivity index (χ0n) is 17.2. The molecule has 1 aliphatic rings. The molecule has 0 saturated carbocycles. The average Bonchev–Trinajstić information content (AvgIpc) is 2.75. The highest BCUT2D eigenvalue weighted by Crippen LogP contribution is 2.29. The van der Waals surface area contributed by atoms with Crippen LogP contribution in [0.2, 0.25) is 0 Å². The Balaban J connectivity index is 1.48. The Bertz CT molecular complexity index is 805. The van der Waals surface area contributed by atoms with Crippen molar-refractivity contribution in [1.29, 1.82) is 0 Å². The van der Waals surface area contributed by atoms with Gasteiger partial charge >= 0.3 is 0 Å². The van der Waals surface area contributed by atoms with Gasteiger partial charge in [0.05, 0.1) is 19.9 Å². The van der Waals surface area contributed by atoms with E-state index in [0.29, 0.717) is 23.5 Å². The summed E-state index contributed by atoms with van der Waals surface area (Å²) in [7, 11) is 5.39. The van der Waals surface area contributed by atoms with Crippen molar-refractivity contribution < 1.29 is 14.2 Å². The number of piperidine rings is 1. The Hall–Kier alpha value is -2.51. The van der Waals surface area contributed by atoms with E-state index in [4.69, 9.17) is 26.4 Å². The highest BCUT2D eigenvalue weighted by Gasteiger charge is 2.17. The van der Waals surface area contributed by atoms with E-state index in [2.05, 4.69) is 34.7 Å². The number of likely N-dealkylation sites (tertiary alicyclic amines) is 1. The van der Waals surface area contributed by atoms with Gasteiger partial charge in [-0.15, -0.1) is 0 Å². The third-order valence-corrected chi connectivity index (χ3v) is 5.25. The van der Waals surface area contributed by atoms with Gasteiger partial charge in [-0.2, -0.15) is 0 Å². The van der Waals surface area contributed by atoms with Crippen molar-refractivity contribution in [2.75, 3.05) is 39.7 Å². The number of thiocarbonyl (C=S) groups is 1. The molecule has 1 saturated heterocycles. The molecule has 6 nitrogen and oxygen atoms in total. The van der Waals surface area contributed by atoms with Crippen LogP contribution >= 0.6 is 12.2 Å². The minimum Gasteiger partial charge on any atom is -0.497 e. The summed E-state index contributed by atoms with van der Waals surface area (Å²) in [6.45, 7) is 2.81. The molecular weight excluding hydrogens is 386 g/mol. The van der Waals surface area contributed by atoms with Crippen LogP contribution in [0.5, 0.6) is 17.2 Å². The van der Waals surface area contributed by atoms with E-state index < -0.39 is 0 Å². The maximum atomic E-state index is 6.10. The van der Waals surface area contributed by atoms with Gasteiger partial charge in [0.2, 0.25) is 0 Å². The Kier molecular flexibility index (Phi) is 7.55. The first-order chi connectivity index (χ1) is 14.1. The molecule has 3 rings (SSSR count). The molecule has 0 radical (unpaired) electrons. The topological polar surface area (TPSA) is 55.0 Å². The molecule has 2 aromatic carbocycles. The fourth-order valence-electron chi connectivity index (χ4n) is 3.23. The van der Waals surface area contributed by atoms with Crippen molar-refractivity contribution in [3.63, 3.8) is 0 Å². The maximum Gasteiger partial charge on any atom is 0.171 e. The summed E-state index contributed by atoms with van der Waals surface area (Å²) in [6, 6.07) is 13.7. The molecule has 0 amide bonds. The quantitative estimate of drug-likeness (QED) is 0.669. The van der Waals surface area contributed by atoms with Crippen LogP contribution in [0.4, 0.5) is 5.69 Å². The number of nitrogens with zero attached hydrogens (tertiary/aromatic N) is 1. The Labute approximate surface area is 178 Å². The van der Waals surface area contributed by atoms with Crippen LogP contribution in [0, 0.1) is 0 Å². The SMILES string of the molecule is COc1ccc(NC(=S)NCc2ccc(OC3CCN(C)CC3)cc2)c(OC)c1. The number of rotatable bonds is 7. The van der Waals surface area contributed by atoms with Crippen LogP contribution in [0.3, 0.4) is 0 Å². The zero-order valence-corrected chi connectivity index (χ0v) is 18.1. The fourth-order valence-corrected chi connectivity index (χ4v) is 3.41. The second-order valence-corrected chi connectivity index (χ2v) is 7.55.